The summed E-state index contributed by atoms with van der Waals surface area (Å²) in [6.45, 7) is 5.35. The molecule has 0 unspecified atom stereocenters. The third-order valence-electron chi connectivity index (χ3n) is 3.02. The highest BCUT2D eigenvalue weighted by atomic mass is 16.6. The Morgan fingerprint density at radius 2 is 2.00 bits per heavy atom. The van der Waals surface area contributed by atoms with E-state index in [0.717, 1.165) is 10.9 Å². The molecular formula is C16H19N3O4. The molecule has 2 rings (SSSR count). The first-order valence-corrected chi connectivity index (χ1v) is 7.06. The van der Waals surface area contributed by atoms with Gasteiger partial charge in [-0.1, -0.05) is 12.1 Å². The molecule has 0 aliphatic rings. The monoisotopic (exact) mass is 317 g/mol. The van der Waals surface area contributed by atoms with Crippen molar-refractivity contribution < 1.29 is 19.4 Å². The summed E-state index contributed by atoms with van der Waals surface area (Å²) in [5.41, 5.74) is 5.69. The summed E-state index contributed by atoms with van der Waals surface area (Å²) >= 11 is 0. The number of anilines is 1. The van der Waals surface area contributed by atoms with E-state index in [9.17, 15) is 14.7 Å². The molecule has 2 amide bonds. The second-order valence-corrected chi connectivity index (χ2v) is 5.99. The fourth-order valence-corrected chi connectivity index (χ4v) is 2.08. The lowest BCUT2D eigenvalue weighted by atomic mass is 10.1. The van der Waals surface area contributed by atoms with E-state index < -0.39 is 17.8 Å². The lowest BCUT2D eigenvalue weighted by Crippen LogP contribution is -2.40. The summed E-state index contributed by atoms with van der Waals surface area (Å²) in [4.78, 5) is 28.3. The number of hydrogen-bond acceptors (Lipinski definition) is 5. The average molecular weight is 317 g/mol. The number of amides is 2. The first-order chi connectivity index (χ1) is 10.7. The van der Waals surface area contributed by atoms with Crippen molar-refractivity contribution in [2.45, 2.75) is 32.9 Å². The number of carbonyl (C=O) groups excluding carboxylic acids is 1. The number of ether oxygens (including phenoxy) is 1. The van der Waals surface area contributed by atoms with E-state index in [1.54, 1.807) is 39.0 Å². The Kier molecular flexibility index (Phi) is 4.51. The van der Waals surface area contributed by atoms with E-state index in [1.807, 2.05) is 6.07 Å². The molecule has 7 nitrogen and oxygen atoms in total. The van der Waals surface area contributed by atoms with Crippen LogP contribution in [0.4, 0.5) is 15.4 Å². The van der Waals surface area contributed by atoms with Crippen molar-refractivity contribution in [3.63, 3.8) is 0 Å². The van der Waals surface area contributed by atoms with Crippen molar-refractivity contribution in [2.75, 3.05) is 4.90 Å². The van der Waals surface area contributed by atoms with Crippen LogP contribution < -0.4 is 10.6 Å². The smallest absolute Gasteiger partial charge is 0.425 e. The highest BCUT2D eigenvalue weighted by molar-refractivity contribution is 6.13. The largest absolute Gasteiger partial charge is 0.464 e. The summed E-state index contributed by atoms with van der Waals surface area (Å²) < 4.78 is 5.16. The van der Waals surface area contributed by atoms with Crippen LogP contribution in [0.1, 0.15) is 26.3 Å². The molecular weight excluding hydrogens is 298 g/mol. The molecule has 0 saturated carbocycles. The number of aromatic nitrogens is 1. The van der Waals surface area contributed by atoms with E-state index in [-0.39, 0.29) is 5.82 Å². The number of imide groups is 1. The number of hydrogen-bond donors (Lipinski definition) is 2. The lowest BCUT2D eigenvalue weighted by molar-refractivity contribution is 0.0581. The first-order valence-electron chi connectivity index (χ1n) is 7.06. The minimum atomic E-state index is -1.46. The molecule has 0 fully saturated rings. The molecule has 0 saturated heterocycles. The number of carbonyl (C=O) groups is 2. The molecule has 3 N–H and O–H groups in total. The number of benzene rings is 1. The molecule has 1 aromatic heterocycles. The highest BCUT2D eigenvalue weighted by Crippen LogP contribution is 2.27. The Hall–Kier alpha value is -2.67. The Balaban J connectivity index is 2.54. The van der Waals surface area contributed by atoms with Gasteiger partial charge in [-0.25, -0.2) is 14.6 Å². The van der Waals surface area contributed by atoms with Crippen LogP contribution in [0, 0.1) is 0 Å². The summed E-state index contributed by atoms with van der Waals surface area (Å²) in [6, 6.07) is 7.02. The van der Waals surface area contributed by atoms with Crippen LogP contribution in [0.2, 0.25) is 0 Å². The van der Waals surface area contributed by atoms with Crippen molar-refractivity contribution in [1.82, 2.24) is 4.98 Å². The van der Waals surface area contributed by atoms with Crippen LogP contribution in [0.15, 0.2) is 30.5 Å². The zero-order chi connectivity index (χ0) is 17.2. The van der Waals surface area contributed by atoms with Gasteiger partial charge >= 0.3 is 12.2 Å². The number of pyridine rings is 1. The van der Waals surface area contributed by atoms with Gasteiger partial charge in [0.05, 0.1) is 0 Å². The fraction of sp³-hybridized carbons (Fsp3) is 0.312. The molecule has 122 valence electrons. The molecule has 0 atom stereocenters. The van der Waals surface area contributed by atoms with E-state index in [0.29, 0.717) is 16.8 Å². The fourth-order valence-electron chi connectivity index (χ4n) is 2.08. The molecule has 23 heavy (non-hydrogen) atoms. The van der Waals surface area contributed by atoms with Gasteiger partial charge in [0.25, 0.3) is 0 Å². The van der Waals surface area contributed by atoms with Gasteiger partial charge in [-0.05, 0) is 43.9 Å². The Labute approximate surface area is 133 Å². The molecule has 7 heteroatoms. The summed E-state index contributed by atoms with van der Waals surface area (Å²) in [6.07, 6.45) is -1.01. The molecule has 0 aliphatic carbocycles. The number of nitrogens with zero attached hydrogens (tertiary/aromatic N) is 2. The Bertz CT molecular complexity index is 753. The third kappa shape index (κ3) is 3.75. The Morgan fingerprint density at radius 3 is 2.57 bits per heavy atom. The van der Waals surface area contributed by atoms with Crippen molar-refractivity contribution in [3.05, 3.63) is 36.0 Å². The summed E-state index contributed by atoms with van der Waals surface area (Å²) in [7, 11) is 0. The normalized spacial score (nSPS) is 11.3. The van der Waals surface area contributed by atoms with Crippen LogP contribution in [-0.2, 0) is 11.3 Å². The molecule has 0 bridgehead atoms. The van der Waals surface area contributed by atoms with Crippen molar-refractivity contribution >= 4 is 28.8 Å². The van der Waals surface area contributed by atoms with Gasteiger partial charge in [0.15, 0.2) is 5.82 Å². The average Bonchev–Trinajstić information content (AvgIpc) is 2.44. The molecule has 0 aliphatic heterocycles. The van der Waals surface area contributed by atoms with E-state index in [1.165, 1.54) is 6.20 Å². The number of carboxylic acid groups (broad SMARTS) is 1. The zero-order valence-corrected chi connectivity index (χ0v) is 13.2. The molecule has 1 heterocycles. The van der Waals surface area contributed by atoms with Crippen LogP contribution in [-0.4, -0.2) is 27.9 Å². The van der Waals surface area contributed by atoms with Crippen LogP contribution in [0.3, 0.4) is 0 Å². The van der Waals surface area contributed by atoms with Gasteiger partial charge in [-0.15, -0.1) is 0 Å². The maximum atomic E-state index is 12.2. The van der Waals surface area contributed by atoms with E-state index >= 15 is 0 Å². The van der Waals surface area contributed by atoms with Gasteiger partial charge in [0, 0.05) is 18.1 Å². The SMILES string of the molecule is CC(C)(C)OC(=O)N(C(=O)O)c1nccc2cc(CN)ccc12. The van der Waals surface area contributed by atoms with Gasteiger partial charge in [0.2, 0.25) is 0 Å². The van der Waals surface area contributed by atoms with Crippen LogP contribution in [0.25, 0.3) is 10.8 Å². The lowest BCUT2D eigenvalue weighted by Gasteiger charge is -2.24. The number of rotatable bonds is 2. The van der Waals surface area contributed by atoms with Crippen molar-refractivity contribution in [3.8, 4) is 0 Å². The minimum Gasteiger partial charge on any atom is -0.464 e. The van der Waals surface area contributed by atoms with Crippen molar-refractivity contribution in [2.24, 2.45) is 5.73 Å². The topological polar surface area (TPSA) is 106 Å². The molecule has 0 radical (unpaired) electrons. The maximum absolute atomic E-state index is 12.2. The predicted octanol–water partition coefficient (Wildman–Crippen LogP) is 3.11. The minimum absolute atomic E-state index is 0.00724. The first kappa shape index (κ1) is 16.7. The Morgan fingerprint density at radius 1 is 1.30 bits per heavy atom. The van der Waals surface area contributed by atoms with E-state index in [2.05, 4.69) is 4.98 Å². The molecule has 2 aromatic rings. The third-order valence-corrected chi connectivity index (χ3v) is 3.02. The van der Waals surface area contributed by atoms with Crippen molar-refractivity contribution in [1.29, 1.82) is 0 Å². The van der Waals surface area contributed by atoms with Gasteiger partial charge in [-0.3, -0.25) is 0 Å². The second kappa shape index (κ2) is 6.21. The zero-order valence-electron chi connectivity index (χ0n) is 13.2. The quantitative estimate of drug-likeness (QED) is 0.881. The molecule has 0 spiro atoms. The summed E-state index contributed by atoms with van der Waals surface area (Å²) in [5.74, 6) is 0.00724. The van der Waals surface area contributed by atoms with Gasteiger partial charge in [-0.2, -0.15) is 4.90 Å². The van der Waals surface area contributed by atoms with E-state index in [4.69, 9.17) is 10.5 Å². The highest BCUT2D eigenvalue weighted by Gasteiger charge is 2.30. The number of fused-ring (bicyclic) bond motifs is 1. The van der Waals surface area contributed by atoms with Gasteiger partial charge in [0.1, 0.15) is 5.60 Å². The summed E-state index contributed by atoms with van der Waals surface area (Å²) in [5, 5.41) is 10.7. The standard InChI is InChI=1S/C16H19N3O4/c1-16(2,3)23-15(22)19(14(20)21)13-12-5-4-10(9-17)8-11(12)6-7-18-13/h4-8H,9,17H2,1-3H3,(H,20,21). The van der Waals surface area contributed by atoms with Gasteiger partial charge < -0.3 is 15.6 Å². The maximum Gasteiger partial charge on any atom is 0.425 e. The number of nitrogens with two attached hydrogens (primary N) is 1. The predicted molar refractivity (Wildman–Crippen MR) is 86.4 cm³/mol. The van der Waals surface area contributed by atoms with Crippen LogP contribution >= 0.6 is 0 Å². The second-order valence-electron chi connectivity index (χ2n) is 5.99. The van der Waals surface area contributed by atoms with Crippen LogP contribution in [0.5, 0.6) is 0 Å². The molecule has 1 aromatic carbocycles.